The van der Waals surface area contributed by atoms with E-state index in [1.807, 2.05) is 37.4 Å². The van der Waals surface area contributed by atoms with Gasteiger partial charge in [0.25, 0.3) is 5.91 Å². The topological polar surface area (TPSA) is 66.5 Å². The molecule has 26 heavy (non-hydrogen) atoms. The van der Waals surface area contributed by atoms with Crippen LogP contribution in [0.4, 0.5) is 5.69 Å². The highest BCUT2D eigenvalue weighted by molar-refractivity contribution is 7.98. The summed E-state index contributed by atoms with van der Waals surface area (Å²) in [7, 11) is -3.28. The zero-order chi connectivity index (χ0) is 18.9. The highest BCUT2D eigenvalue weighted by Crippen LogP contribution is 2.31. The number of carbonyl (C=O) groups excluding carboxylic acids is 1. The second-order valence-electron chi connectivity index (χ2n) is 6.40. The molecule has 1 N–H and O–H groups in total. The smallest absolute Gasteiger partial charge is 0.251 e. The van der Waals surface area contributed by atoms with E-state index in [1.54, 1.807) is 30.0 Å². The standard InChI is InChI=1S/C19H22N2O3S2/c1-13(14-4-7-17(25-2)8-5-14)20-19(22)16-6-9-18-15(12-16)10-11-21(18)26(3,23)24/h4-9,12-13H,10-11H2,1-3H3,(H,20,22). The average molecular weight is 391 g/mol. The Labute approximate surface area is 158 Å². The molecule has 0 saturated heterocycles. The molecule has 1 unspecified atom stereocenters. The number of carbonyl (C=O) groups is 1. The number of benzene rings is 2. The van der Waals surface area contributed by atoms with E-state index in [0.29, 0.717) is 24.2 Å². The molecule has 0 radical (unpaired) electrons. The number of rotatable bonds is 5. The fourth-order valence-corrected chi connectivity index (χ4v) is 4.48. The third kappa shape index (κ3) is 3.88. The normalized spacial score (nSPS) is 14.8. The lowest BCUT2D eigenvalue weighted by Gasteiger charge is -2.17. The van der Waals surface area contributed by atoms with E-state index in [4.69, 9.17) is 0 Å². The Bertz CT molecular complexity index is 924. The molecular formula is C19H22N2O3S2. The largest absolute Gasteiger partial charge is 0.346 e. The van der Waals surface area contributed by atoms with Crippen molar-refractivity contribution < 1.29 is 13.2 Å². The first-order valence-electron chi connectivity index (χ1n) is 8.35. The molecule has 0 aromatic heterocycles. The number of anilines is 1. The van der Waals surface area contributed by atoms with E-state index in [-0.39, 0.29) is 11.9 Å². The summed E-state index contributed by atoms with van der Waals surface area (Å²) in [5.41, 5.74) is 3.15. The molecule has 1 amide bonds. The van der Waals surface area contributed by atoms with E-state index in [1.165, 1.54) is 15.5 Å². The molecular weight excluding hydrogens is 368 g/mol. The molecule has 0 aliphatic carbocycles. The minimum Gasteiger partial charge on any atom is -0.346 e. The zero-order valence-electron chi connectivity index (χ0n) is 15.0. The Kier molecular flexibility index (Phi) is 5.29. The Hall–Kier alpha value is -1.99. The van der Waals surface area contributed by atoms with Crippen molar-refractivity contribution in [1.29, 1.82) is 0 Å². The van der Waals surface area contributed by atoms with Crippen LogP contribution < -0.4 is 9.62 Å². The van der Waals surface area contributed by atoms with Gasteiger partial charge in [-0.2, -0.15) is 0 Å². The van der Waals surface area contributed by atoms with Crippen molar-refractivity contribution in [2.75, 3.05) is 23.4 Å². The van der Waals surface area contributed by atoms with E-state index >= 15 is 0 Å². The molecule has 0 fully saturated rings. The maximum Gasteiger partial charge on any atom is 0.251 e. The van der Waals surface area contributed by atoms with Crippen LogP contribution in [-0.4, -0.2) is 33.4 Å². The summed E-state index contributed by atoms with van der Waals surface area (Å²) in [6.45, 7) is 2.38. The highest BCUT2D eigenvalue weighted by atomic mass is 32.2. The van der Waals surface area contributed by atoms with E-state index in [0.717, 1.165) is 11.1 Å². The molecule has 5 nitrogen and oxygen atoms in total. The quantitative estimate of drug-likeness (QED) is 0.796. The van der Waals surface area contributed by atoms with Crippen molar-refractivity contribution in [2.45, 2.75) is 24.3 Å². The molecule has 1 aliphatic heterocycles. The summed E-state index contributed by atoms with van der Waals surface area (Å²) in [6, 6.07) is 13.2. The number of nitrogens with one attached hydrogen (secondary N) is 1. The summed E-state index contributed by atoms with van der Waals surface area (Å²) in [5.74, 6) is -0.160. The third-order valence-electron chi connectivity index (χ3n) is 4.56. The van der Waals surface area contributed by atoms with Gasteiger partial charge in [0.15, 0.2) is 0 Å². The van der Waals surface area contributed by atoms with Gasteiger partial charge in [0.05, 0.1) is 18.0 Å². The van der Waals surface area contributed by atoms with Gasteiger partial charge in [0.1, 0.15) is 0 Å². The Morgan fingerprint density at radius 1 is 1.19 bits per heavy atom. The van der Waals surface area contributed by atoms with Gasteiger partial charge in [-0.25, -0.2) is 8.42 Å². The van der Waals surface area contributed by atoms with Crippen LogP contribution in [0.2, 0.25) is 0 Å². The fraction of sp³-hybridized carbons (Fsp3) is 0.316. The Morgan fingerprint density at radius 3 is 2.50 bits per heavy atom. The molecule has 0 saturated carbocycles. The number of sulfonamides is 1. The number of nitrogens with zero attached hydrogens (tertiary/aromatic N) is 1. The predicted molar refractivity (Wildman–Crippen MR) is 106 cm³/mol. The zero-order valence-corrected chi connectivity index (χ0v) is 16.7. The second-order valence-corrected chi connectivity index (χ2v) is 9.18. The summed E-state index contributed by atoms with van der Waals surface area (Å²) in [4.78, 5) is 13.8. The number of hydrogen-bond donors (Lipinski definition) is 1. The van der Waals surface area contributed by atoms with Crippen molar-refractivity contribution in [2.24, 2.45) is 0 Å². The summed E-state index contributed by atoms with van der Waals surface area (Å²) in [5, 5.41) is 3.00. The van der Waals surface area contributed by atoms with Crippen molar-refractivity contribution in [1.82, 2.24) is 5.32 Å². The molecule has 3 rings (SSSR count). The van der Waals surface area contributed by atoms with Crippen LogP contribution in [0, 0.1) is 0 Å². The second kappa shape index (κ2) is 7.32. The van der Waals surface area contributed by atoms with Crippen LogP contribution in [0.1, 0.15) is 34.5 Å². The molecule has 1 atom stereocenters. The fourth-order valence-electron chi connectivity index (χ4n) is 3.11. The molecule has 2 aromatic rings. The minimum atomic E-state index is -3.28. The first-order chi connectivity index (χ1) is 12.3. The predicted octanol–water partition coefficient (Wildman–Crippen LogP) is 3.22. The summed E-state index contributed by atoms with van der Waals surface area (Å²) in [6.07, 6.45) is 3.85. The van der Waals surface area contributed by atoms with Gasteiger partial charge >= 0.3 is 0 Å². The van der Waals surface area contributed by atoms with Gasteiger partial charge in [-0.05, 0) is 61.1 Å². The van der Waals surface area contributed by atoms with Crippen molar-refractivity contribution >= 4 is 33.4 Å². The lowest BCUT2D eigenvalue weighted by Crippen LogP contribution is -2.28. The molecule has 7 heteroatoms. The van der Waals surface area contributed by atoms with Gasteiger partial charge in [-0.3, -0.25) is 9.10 Å². The Morgan fingerprint density at radius 2 is 1.88 bits per heavy atom. The maximum atomic E-state index is 12.6. The van der Waals surface area contributed by atoms with E-state index < -0.39 is 10.0 Å². The number of fused-ring (bicyclic) bond motifs is 1. The van der Waals surface area contributed by atoms with Gasteiger partial charge in [0.2, 0.25) is 10.0 Å². The van der Waals surface area contributed by atoms with Crippen molar-refractivity contribution in [3.63, 3.8) is 0 Å². The SMILES string of the molecule is CSc1ccc(C(C)NC(=O)c2ccc3c(c2)CCN3S(C)(=O)=O)cc1. The monoisotopic (exact) mass is 390 g/mol. The van der Waals surface area contributed by atoms with Gasteiger partial charge in [-0.15, -0.1) is 11.8 Å². The molecule has 2 aromatic carbocycles. The lowest BCUT2D eigenvalue weighted by molar-refractivity contribution is 0.0940. The first kappa shape index (κ1) is 18.8. The van der Waals surface area contributed by atoms with Gasteiger partial charge in [0, 0.05) is 17.0 Å². The van der Waals surface area contributed by atoms with Crippen LogP contribution in [0.5, 0.6) is 0 Å². The van der Waals surface area contributed by atoms with Crippen molar-refractivity contribution in [3.05, 3.63) is 59.2 Å². The Balaban J connectivity index is 1.74. The summed E-state index contributed by atoms with van der Waals surface area (Å²) >= 11 is 1.68. The minimum absolute atomic E-state index is 0.112. The summed E-state index contributed by atoms with van der Waals surface area (Å²) < 4.78 is 25.0. The number of amides is 1. The number of thioether (sulfide) groups is 1. The maximum absolute atomic E-state index is 12.6. The molecule has 138 valence electrons. The third-order valence-corrected chi connectivity index (χ3v) is 6.48. The van der Waals surface area contributed by atoms with Crippen LogP contribution in [0.15, 0.2) is 47.4 Å². The van der Waals surface area contributed by atoms with Crippen LogP contribution in [0.3, 0.4) is 0 Å². The van der Waals surface area contributed by atoms with Crippen LogP contribution in [-0.2, 0) is 16.4 Å². The van der Waals surface area contributed by atoms with Crippen molar-refractivity contribution in [3.8, 4) is 0 Å². The van der Waals surface area contributed by atoms with E-state index in [9.17, 15) is 13.2 Å². The lowest BCUT2D eigenvalue weighted by atomic mass is 10.1. The van der Waals surface area contributed by atoms with E-state index in [2.05, 4.69) is 5.32 Å². The average Bonchev–Trinajstić information content (AvgIpc) is 3.05. The molecule has 0 bridgehead atoms. The van der Waals surface area contributed by atoms with Gasteiger partial charge in [-0.1, -0.05) is 12.1 Å². The first-order valence-corrected chi connectivity index (χ1v) is 11.4. The van der Waals surface area contributed by atoms with Crippen LogP contribution >= 0.6 is 11.8 Å². The molecule has 1 aliphatic rings. The molecule has 0 spiro atoms. The number of hydrogen-bond acceptors (Lipinski definition) is 4. The van der Waals surface area contributed by atoms with Gasteiger partial charge < -0.3 is 5.32 Å². The highest BCUT2D eigenvalue weighted by Gasteiger charge is 2.26. The van der Waals surface area contributed by atoms with Crippen LogP contribution in [0.25, 0.3) is 0 Å². The molecule has 1 heterocycles.